The number of aliphatic carboxylic acids is 1. The van der Waals surface area contributed by atoms with Crippen LogP contribution in [0.1, 0.15) is 18.4 Å². The maximum absolute atomic E-state index is 12.2. The molecule has 1 aliphatic rings. The van der Waals surface area contributed by atoms with Gasteiger partial charge in [-0.25, -0.2) is 4.79 Å². The van der Waals surface area contributed by atoms with Crippen LogP contribution in [-0.2, 0) is 11.2 Å². The number of urea groups is 1. The predicted octanol–water partition coefficient (Wildman–Crippen LogP) is 2.98. The molecule has 3 rings (SSSR count). The van der Waals surface area contributed by atoms with Gasteiger partial charge in [-0.05, 0) is 37.0 Å². The third-order valence-corrected chi connectivity index (χ3v) is 5.13. The van der Waals surface area contributed by atoms with Crippen LogP contribution in [0.5, 0.6) is 0 Å². The lowest BCUT2D eigenvalue weighted by molar-refractivity contribution is -0.143. The highest BCUT2D eigenvalue weighted by atomic mass is 79.9. The van der Waals surface area contributed by atoms with E-state index in [1.54, 1.807) is 4.90 Å². The molecule has 1 saturated heterocycles. The summed E-state index contributed by atoms with van der Waals surface area (Å²) in [5, 5.41) is 13.1. The molecule has 24 heavy (non-hydrogen) atoms. The van der Waals surface area contributed by atoms with Crippen molar-refractivity contribution in [3.63, 3.8) is 0 Å². The number of hydrogen-bond acceptors (Lipinski definition) is 2. The lowest BCUT2D eigenvalue weighted by Crippen LogP contribution is -2.47. The summed E-state index contributed by atoms with van der Waals surface area (Å²) < 4.78 is 1.03. The van der Waals surface area contributed by atoms with E-state index in [0.29, 0.717) is 32.5 Å². The number of carboxylic acids is 1. The van der Waals surface area contributed by atoms with Gasteiger partial charge in [0, 0.05) is 41.2 Å². The molecular formula is C17H20BrN3O3. The number of H-pyrrole nitrogens is 1. The summed E-state index contributed by atoms with van der Waals surface area (Å²) in [6.07, 6.45) is 4.05. The molecule has 1 aromatic heterocycles. The molecular weight excluding hydrogens is 374 g/mol. The third-order valence-electron chi connectivity index (χ3n) is 4.47. The Morgan fingerprint density at radius 1 is 1.42 bits per heavy atom. The van der Waals surface area contributed by atoms with Crippen LogP contribution in [0.4, 0.5) is 4.79 Å². The molecule has 2 heterocycles. The first-order valence-corrected chi connectivity index (χ1v) is 8.85. The van der Waals surface area contributed by atoms with E-state index >= 15 is 0 Å². The average molecular weight is 394 g/mol. The van der Waals surface area contributed by atoms with E-state index < -0.39 is 11.9 Å². The summed E-state index contributed by atoms with van der Waals surface area (Å²) in [5.41, 5.74) is 2.20. The number of aromatic nitrogens is 1. The molecule has 0 spiro atoms. The number of hydrogen-bond donors (Lipinski definition) is 3. The average Bonchev–Trinajstić information content (AvgIpc) is 2.99. The van der Waals surface area contributed by atoms with Crippen molar-refractivity contribution in [1.82, 2.24) is 15.2 Å². The number of halogens is 1. The number of likely N-dealkylation sites (tertiary alicyclic amines) is 1. The third kappa shape index (κ3) is 3.56. The van der Waals surface area contributed by atoms with Crippen molar-refractivity contribution in [1.29, 1.82) is 0 Å². The smallest absolute Gasteiger partial charge is 0.317 e. The van der Waals surface area contributed by atoms with E-state index in [1.165, 1.54) is 0 Å². The van der Waals surface area contributed by atoms with Gasteiger partial charge >= 0.3 is 12.0 Å². The fraction of sp³-hybridized carbons (Fsp3) is 0.412. The number of benzene rings is 1. The van der Waals surface area contributed by atoms with Gasteiger partial charge in [0.1, 0.15) is 0 Å². The molecule has 2 aromatic rings. The molecule has 1 aliphatic heterocycles. The highest BCUT2D eigenvalue weighted by molar-refractivity contribution is 9.10. The molecule has 1 fully saturated rings. The molecule has 0 saturated carbocycles. The highest BCUT2D eigenvalue weighted by Crippen LogP contribution is 2.27. The quantitative estimate of drug-likeness (QED) is 0.746. The summed E-state index contributed by atoms with van der Waals surface area (Å²) in [7, 11) is 0. The number of carboxylic acid groups (broad SMARTS) is 1. The Morgan fingerprint density at radius 2 is 2.25 bits per heavy atom. The standard InChI is InChI=1S/C17H20BrN3O3/c18-13-4-1-5-14-15(13)11(9-20-14)6-7-19-17(24)21-8-2-3-12(10-21)16(22)23/h1,4-5,9,12,20H,2-3,6-8,10H2,(H,19,24)(H,22,23). The van der Waals surface area contributed by atoms with E-state index in [0.717, 1.165) is 27.4 Å². The van der Waals surface area contributed by atoms with Gasteiger partial charge in [-0.15, -0.1) is 0 Å². The van der Waals surface area contributed by atoms with Crippen LogP contribution in [0.3, 0.4) is 0 Å². The van der Waals surface area contributed by atoms with Crippen molar-refractivity contribution in [2.24, 2.45) is 5.92 Å². The fourth-order valence-electron chi connectivity index (χ4n) is 3.18. The molecule has 6 nitrogen and oxygen atoms in total. The number of nitrogens with one attached hydrogen (secondary N) is 2. The van der Waals surface area contributed by atoms with Crippen molar-refractivity contribution in [2.45, 2.75) is 19.3 Å². The second kappa shape index (κ2) is 7.25. The molecule has 3 N–H and O–H groups in total. The molecule has 2 amide bonds. The Balaban J connectivity index is 1.56. The number of rotatable bonds is 4. The number of piperidine rings is 1. The second-order valence-corrected chi connectivity index (χ2v) is 6.94. The number of amides is 2. The predicted molar refractivity (Wildman–Crippen MR) is 95.0 cm³/mol. The van der Waals surface area contributed by atoms with E-state index in [9.17, 15) is 9.59 Å². The van der Waals surface area contributed by atoms with Crippen LogP contribution in [0, 0.1) is 5.92 Å². The van der Waals surface area contributed by atoms with E-state index in [-0.39, 0.29) is 6.03 Å². The molecule has 1 unspecified atom stereocenters. The number of nitrogens with zero attached hydrogens (tertiary/aromatic N) is 1. The molecule has 0 radical (unpaired) electrons. The van der Waals surface area contributed by atoms with Gasteiger partial charge < -0.3 is 20.3 Å². The Labute approximate surface area is 148 Å². The Morgan fingerprint density at radius 3 is 3.04 bits per heavy atom. The van der Waals surface area contributed by atoms with Crippen molar-refractivity contribution < 1.29 is 14.7 Å². The van der Waals surface area contributed by atoms with Crippen LogP contribution in [0.25, 0.3) is 10.9 Å². The zero-order valence-corrected chi connectivity index (χ0v) is 14.8. The first-order chi connectivity index (χ1) is 11.6. The van der Waals surface area contributed by atoms with Crippen molar-refractivity contribution in [3.8, 4) is 0 Å². The van der Waals surface area contributed by atoms with Crippen LogP contribution in [0.2, 0.25) is 0 Å². The maximum atomic E-state index is 12.2. The van der Waals surface area contributed by atoms with Gasteiger partial charge in [-0.2, -0.15) is 0 Å². The van der Waals surface area contributed by atoms with E-state index in [4.69, 9.17) is 5.11 Å². The summed E-state index contributed by atoms with van der Waals surface area (Å²) in [4.78, 5) is 28.1. The molecule has 0 bridgehead atoms. The Hall–Kier alpha value is -2.02. The van der Waals surface area contributed by atoms with Crippen LogP contribution in [0.15, 0.2) is 28.9 Å². The van der Waals surface area contributed by atoms with Gasteiger partial charge in [0.25, 0.3) is 0 Å². The fourth-order valence-corrected chi connectivity index (χ4v) is 3.80. The van der Waals surface area contributed by atoms with Gasteiger partial charge in [-0.1, -0.05) is 22.0 Å². The van der Waals surface area contributed by atoms with Crippen molar-refractivity contribution in [2.75, 3.05) is 19.6 Å². The minimum absolute atomic E-state index is 0.181. The van der Waals surface area contributed by atoms with Crippen molar-refractivity contribution in [3.05, 3.63) is 34.4 Å². The molecule has 128 valence electrons. The minimum atomic E-state index is -0.823. The number of aromatic amines is 1. The number of fused-ring (bicyclic) bond motifs is 1. The largest absolute Gasteiger partial charge is 0.481 e. The van der Waals surface area contributed by atoms with Crippen LogP contribution in [-0.4, -0.2) is 46.6 Å². The zero-order chi connectivity index (χ0) is 17.1. The lowest BCUT2D eigenvalue weighted by atomic mass is 9.99. The SMILES string of the molecule is O=C(O)C1CCCN(C(=O)NCCc2c[nH]c3cccc(Br)c23)C1. The summed E-state index contributed by atoms with van der Waals surface area (Å²) in [5.74, 6) is -1.27. The minimum Gasteiger partial charge on any atom is -0.481 e. The van der Waals surface area contributed by atoms with Crippen LogP contribution < -0.4 is 5.32 Å². The van der Waals surface area contributed by atoms with Crippen molar-refractivity contribution >= 4 is 38.8 Å². The van der Waals surface area contributed by atoms with Crippen LogP contribution >= 0.6 is 15.9 Å². The van der Waals surface area contributed by atoms with E-state index in [2.05, 4.69) is 26.2 Å². The Kier molecular flexibility index (Phi) is 5.08. The monoisotopic (exact) mass is 393 g/mol. The van der Waals surface area contributed by atoms with Gasteiger partial charge in [0.2, 0.25) is 0 Å². The highest BCUT2D eigenvalue weighted by Gasteiger charge is 2.27. The normalized spacial score (nSPS) is 17.9. The molecule has 1 aromatic carbocycles. The summed E-state index contributed by atoms with van der Waals surface area (Å²) in [6, 6.07) is 5.81. The summed E-state index contributed by atoms with van der Waals surface area (Å²) in [6.45, 7) is 1.43. The topological polar surface area (TPSA) is 85.4 Å². The lowest BCUT2D eigenvalue weighted by Gasteiger charge is -2.30. The van der Waals surface area contributed by atoms with Gasteiger partial charge in [-0.3, -0.25) is 4.79 Å². The van der Waals surface area contributed by atoms with E-state index in [1.807, 2.05) is 24.4 Å². The number of carbonyl (C=O) groups is 2. The number of carbonyl (C=O) groups excluding carboxylic acids is 1. The first-order valence-electron chi connectivity index (χ1n) is 8.06. The second-order valence-electron chi connectivity index (χ2n) is 6.08. The zero-order valence-electron chi connectivity index (χ0n) is 13.2. The molecule has 7 heteroatoms. The van der Waals surface area contributed by atoms with Gasteiger partial charge in [0.15, 0.2) is 0 Å². The molecule has 1 atom stereocenters. The summed E-state index contributed by atoms with van der Waals surface area (Å²) >= 11 is 3.56. The maximum Gasteiger partial charge on any atom is 0.317 e. The Bertz CT molecular complexity index is 759. The molecule has 0 aliphatic carbocycles. The van der Waals surface area contributed by atoms with Gasteiger partial charge in [0.05, 0.1) is 5.92 Å². The first kappa shape index (κ1) is 16.8.